The zero-order valence-corrected chi connectivity index (χ0v) is 17.9. The quantitative estimate of drug-likeness (QED) is 0.673. The third kappa shape index (κ3) is 3.79. The van der Waals surface area contributed by atoms with E-state index in [0.717, 1.165) is 59.1 Å². The van der Waals surface area contributed by atoms with Crippen LogP contribution in [0.25, 0.3) is 22.0 Å². The number of anilines is 1. The summed E-state index contributed by atoms with van der Waals surface area (Å²) in [6.07, 6.45) is 6.94. The minimum Gasteiger partial charge on any atom is -0.382 e. The van der Waals surface area contributed by atoms with E-state index in [1.165, 1.54) is 0 Å². The first-order valence-corrected chi connectivity index (χ1v) is 12.1. The van der Waals surface area contributed by atoms with Crippen molar-refractivity contribution in [1.82, 2.24) is 14.3 Å². The van der Waals surface area contributed by atoms with Gasteiger partial charge in [0.1, 0.15) is 0 Å². The van der Waals surface area contributed by atoms with Crippen LogP contribution in [-0.4, -0.2) is 47.1 Å². The molecule has 1 saturated heterocycles. The molecule has 0 atom stereocenters. The molecule has 0 amide bonds. The summed E-state index contributed by atoms with van der Waals surface area (Å²) < 4.78 is 26.7. The predicted octanol–water partition coefficient (Wildman–Crippen LogP) is 3.97. The lowest BCUT2D eigenvalue weighted by molar-refractivity contribution is 0.329. The van der Waals surface area contributed by atoms with Crippen LogP contribution in [-0.2, 0) is 10.0 Å². The number of nitrogens with zero attached hydrogens (tertiary/aromatic N) is 3. The van der Waals surface area contributed by atoms with Crippen LogP contribution < -0.4 is 5.32 Å². The molecule has 0 spiro atoms. The lowest BCUT2D eigenvalue weighted by atomic mass is 10.0. The van der Waals surface area contributed by atoms with Crippen LogP contribution in [0.5, 0.6) is 0 Å². The molecular weight excluding hydrogens is 396 g/mol. The molecule has 0 radical (unpaired) electrons. The van der Waals surface area contributed by atoms with Gasteiger partial charge in [-0.25, -0.2) is 12.7 Å². The molecule has 3 heterocycles. The molecule has 3 aromatic rings. The van der Waals surface area contributed by atoms with Crippen molar-refractivity contribution < 1.29 is 8.42 Å². The number of hydrogen-bond donors (Lipinski definition) is 1. The number of nitrogens with one attached hydrogen (secondary N) is 1. The lowest BCUT2D eigenvalue weighted by Crippen LogP contribution is -2.43. The highest BCUT2D eigenvalue weighted by Crippen LogP contribution is 2.34. The highest BCUT2D eigenvalue weighted by molar-refractivity contribution is 7.90. The Morgan fingerprint density at radius 3 is 2.60 bits per heavy atom. The smallest absolute Gasteiger partial charge is 0.216 e. The van der Waals surface area contributed by atoms with Crippen molar-refractivity contribution in [2.75, 3.05) is 18.4 Å². The monoisotopic (exact) mass is 422 g/mol. The van der Waals surface area contributed by atoms with Gasteiger partial charge in [-0.15, -0.1) is 0 Å². The van der Waals surface area contributed by atoms with E-state index in [9.17, 15) is 8.42 Å². The fraction of sp³-hybridized carbons (Fsp3) is 0.391. The number of aryl methyl sites for hydroxylation is 1. The Morgan fingerprint density at radius 2 is 1.87 bits per heavy atom. The number of fused-ring (bicyclic) bond motifs is 1. The number of aromatic nitrogens is 2. The van der Waals surface area contributed by atoms with Crippen LogP contribution in [0, 0.1) is 6.92 Å². The fourth-order valence-electron chi connectivity index (χ4n) is 4.22. The Labute approximate surface area is 177 Å². The minimum atomic E-state index is -3.08. The molecule has 5 rings (SSSR count). The predicted molar refractivity (Wildman–Crippen MR) is 120 cm³/mol. The molecule has 1 aliphatic carbocycles. The molecule has 0 unspecified atom stereocenters. The van der Waals surface area contributed by atoms with Gasteiger partial charge in [0.05, 0.1) is 10.9 Å². The fourth-order valence-corrected chi connectivity index (χ4v) is 6.09. The van der Waals surface area contributed by atoms with Crippen LogP contribution >= 0.6 is 0 Å². The van der Waals surface area contributed by atoms with Crippen molar-refractivity contribution in [3.63, 3.8) is 0 Å². The summed E-state index contributed by atoms with van der Waals surface area (Å²) in [5.41, 5.74) is 4.03. The second-order valence-electron chi connectivity index (χ2n) is 8.35. The first-order chi connectivity index (χ1) is 14.5. The zero-order valence-electron chi connectivity index (χ0n) is 17.1. The normalized spacial score (nSPS) is 18.6. The Balaban J connectivity index is 1.40. The van der Waals surface area contributed by atoms with E-state index in [1.807, 2.05) is 37.4 Å². The average molecular weight is 423 g/mol. The van der Waals surface area contributed by atoms with Gasteiger partial charge in [-0.2, -0.15) is 0 Å². The molecule has 156 valence electrons. The Hall–Kier alpha value is -2.51. The number of benzene rings is 1. The van der Waals surface area contributed by atoms with E-state index in [4.69, 9.17) is 0 Å². The van der Waals surface area contributed by atoms with E-state index < -0.39 is 10.0 Å². The molecule has 7 heteroatoms. The summed E-state index contributed by atoms with van der Waals surface area (Å²) in [6, 6.07) is 12.6. The Kier molecular flexibility index (Phi) is 4.95. The summed E-state index contributed by atoms with van der Waals surface area (Å²) in [5.74, 6) is 0. The molecule has 1 aromatic carbocycles. The SMILES string of the molecule is Cc1cccc(-c2cc(NC3CCN(S(=O)(=O)C4CC4)CC3)c3cnccc3c2)n1. The van der Waals surface area contributed by atoms with E-state index >= 15 is 0 Å². The summed E-state index contributed by atoms with van der Waals surface area (Å²) in [6.45, 7) is 3.18. The number of sulfonamides is 1. The standard InChI is InChI=1S/C23H26N4O2S/c1-16-3-2-4-22(25-16)18-13-17-7-10-24-15-21(17)23(14-18)26-19-8-11-27(12-9-19)30(28,29)20-5-6-20/h2-4,7,10,13-15,19-20,26H,5-6,8-9,11-12H2,1H3. The van der Waals surface area contributed by atoms with Crippen molar-refractivity contribution in [3.05, 3.63) is 54.5 Å². The summed E-state index contributed by atoms with van der Waals surface area (Å²) in [5, 5.41) is 5.73. The van der Waals surface area contributed by atoms with Gasteiger partial charge in [-0.05, 0) is 68.3 Å². The molecule has 2 aromatic heterocycles. The van der Waals surface area contributed by atoms with Crippen molar-refractivity contribution in [2.24, 2.45) is 0 Å². The van der Waals surface area contributed by atoms with Gasteiger partial charge in [0.2, 0.25) is 10.0 Å². The van der Waals surface area contributed by atoms with Crippen LogP contribution in [0.4, 0.5) is 5.69 Å². The maximum absolute atomic E-state index is 12.5. The van der Waals surface area contributed by atoms with Gasteiger partial charge in [-0.3, -0.25) is 9.97 Å². The number of pyridine rings is 2. The Morgan fingerprint density at radius 1 is 1.07 bits per heavy atom. The summed E-state index contributed by atoms with van der Waals surface area (Å²) in [4.78, 5) is 8.99. The molecule has 6 nitrogen and oxygen atoms in total. The molecule has 1 N–H and O–H groups in total. The van der Waals surface area contributed by atoms with Crippen molar-refractivity contribution in [1.29, 1.82) is 0 Å². The summed E-state index contributed by atoms with van der Waals surface area (Å²) in [7, 11) is -3.08. The van der Waals surface area contributed by atoms with Crippen LogP contribution in [0.15, 0.2) is 48.8 Å². The molecule has 1 saturated carbocycles. The number of hydrogen-bond acceptors (Lipinski definition) is 5. The topological polar surface area (TPSA) is 75.2 Å². The van der Waals surface area contributed by atoms with Gasteiger partial charge in [0, 0.05) is 53.9 Å². The van der Waals surface area contributed by atoms with E-state index in [0.29, 0.717) is 13.1 Å². The minimum absolute atomic E-state index is 0.129. The van der Waals surface area contributed by atoms with Crippen LogP contribution in [0.2, 0.25) is 0 Å². The second kappa shape index (κ2) is 7.63. The van der Waals surface area contributed by atoms with Crippen molar-refractivity contribution >= 4 is 26.5 Å². The van der Waals surface area contributed by atoms with E-state index in [-0.39, 0.29) is 11.3 Å². The van der Waals surface area contributed by atoms with Crippen LogP contribution in [0.3, 0.4) is 0 Å². The van der Waals surface area contributed by atoms with E-state index in [2.05, 4.69) is 27.4 Å². The Bertz CT molecular complexity index is 1180. The highest BCUT2D eigenvalue weighted by Gasteiger charge is 2.41. The number of rotatable bonds is 5. The largest absolute Gasteiger partial charge is 0.382 e. The third-order valence-corrected chi connectivity index (χ3v) is 8.46. The molecular formula is C23H26N4O2S. The van der Waals surface area contributed by atoms with Crippen molar-refractivity contribution in [3.8, 4) is 11.3 Å². The maximum atomic E-state index is 12.5. The van der Waals surface area contributed by atoms with E-state index in [1.54, 1.807) is 10.5 Å². The zero-order chi connectivity index (χ0) is 20.7. The lowest BCUT2D eigenvalue weighted by Gasteiger charge is -2.32. The van der Waals surface area contributed by atoms with Crippen molar-refractivity contribution in [2.45, 2.75) is 43.9 Å². The van der Waals surface area contributed by atoms with Gasteiger partial charge in [0.15, 0.2) is 0 Å². The van der Waals surface area contributed by atoms with Gasteiger partial charge in [-0.1, -0.05) is 6.07 Å². The van der Waals surface area contributed by atoms with Gasteiger partial charge < -0.3 is 5.32 Å². The maximum Gasteiger partial charge on any atom is 0.216 e. The second-order valence-corrected chi connectivity index (χ2v) is 10.6. The van der Waals surface area contributed by atoms with Gasteiger partial charge >= 0.3 is 0 Å². The first-order valence-electron chi connectivity index (χ1n) is 10.6. The molecule has 1 aliphatic heterocycles. The molecule has 2 fully saturated rings. The molecule has 0 bridgehead atoms. The average Bonchev–Trinajstić information content (AvgIpc) is 3.60. The third-order valence-electron chi connectivity index (χ3n) is 6.06. The molecule has 30 heavy (non-hydrogen) atoms. The highest BCUT2D eigenvalue weighted by atomic mass is 32.2. The summed E-state index contributed by atoms with van der Waals surface area (Å²) >= 11 is 0. The molecule has 2 aliphatic rings. The van der Waals surface area contributed by atoms with Gasteiger partial charge in [0.25, 0.3) is 0 Å². The first kappa shape index (κ1) is 19.5. The number of piperidine rings is 1. The van der Waals surface area contributed by atoms with Crippen LogP contribution in [0.1, 0.15) is 31.4 Å².